The topological polar surface area (TPSA) is 56.7 Å². The highest BCUT2D eigenvalue weighted by atomic mass is 15.2. The van der Waals surface area contributed by atoms with Crippen LogP contribution in [0.25, 0.3) is 11.2 Å². The van der Waals surface area contributed by atoms with E-state index in [2.05, 4.69) is 22.5 Å². The van der Waals surface area contributed by atoms with Gasteiger partial charge in [0.05, 0.1) is 0 Å². The van der Waals surface area contributed by atoms with E-state index in [0.29, 0.717) is 6.04 Å². The first-order valence-corrected chi connectivity index (χ1v) is 7.29. The lowest BCUT2D eigenvalue weighted by Crippen LogP contribution is -2.40. The number of fused-ring (bicyclic) bond motifs is 1. The average molecular weight is 256 g/mol. The standard InChI is InChI=1S/C15H20N4/c1-15(8-2-5-12(15)16)14-18-11-4-3-9-17-13(11)19(14)10-6-7-10/h3-4,9-10,12H,2,5-8,16H2,1H3. The van der Waals surface area contributed by atoms with Crippen LogP contribution in [-0.2, 0) is 5.41 Å². The second-order valence-electron chi connectivity index (χ2n) is 6.30. The van der Waals surface area contributed by atoms with Gasteiger partial charge < -0.3 is 10.3 Å². The van der Waals surface area contributed by atoms with Gasteiger partial charge in [-0.25, -0.2) is 9.97 Å². The Morgan fingerprint density at radius 3 is 2.89 bits per heavy atom. The maximum absolute atomic E-state index is 6.38. The van der Waals surface area contributed by atoms with Crippen molar-refractivity contribution in [2.24, 2.45) is 5.73 Å². The van der Waals surface area contributed by atoms with Crippen LogP contribution in [0.5, 0.6) is 0 Å². The zero-order valence-electron chi connectivity index (χ0n) is 11.3. The third-order valence-corrected chi connectivity index (χ3v) is 4.90. The Morgan fingerprint density at radius 1 is 1.37 bits per heavy atom. The smallest absolute Gasteiger partial charge is 0.160 e. The molecule has 0 amide bonds. The number of aromatic nitrogens is 3. The van der Waals surface area contributed by atoms with Gasteiger partial charge in [-0.3, -0.25) is 0 Å². The van der Waals surface area contributed by atoms with Gasteiger partial charge in [0.1, 0.15) is 11.3 Å². The molecule has 4 nitrogen and oxygen atoms in total. The molecule has 19 heavy (non-hydrogen) atoms. The van der Waals surface area contributed by atoms with Crippen LogP contribution in [0.3, 0.4) is 0 Å². The molecule has 2 aromatic heterocycles. The fourth-order valence-corrected chi connectivity index (χ4v) is 3.48. The summed E-state index contributed by atoms with van der Waals surface area (Å²) in [7, 11) is 0. The van der Waals surface area contributed by atoms with Gasteiger partial charge in [0.15, 0.2) is 5.65 Å². The number of hydrogen-bond donors (Lipinski definition) is 1. The summed E-state index contributed by atoms with van der Waals surface area (Å²) in [6.45, 7) is 2.28. The summed E-state index contributed by atoms with van der Waals surface area (Å²) >= 11 is 0. The molecule has 0 radical (unpaired) electrons. The molecule has 2 aromatic rings. The predicted molar refractivity (Wildman–Crippen MR) is 75.0 cm³/mol. The molecule has 4 rings (SSSR count). The van der Waals surface area contributed by atoms with Crippen LogP contribution >= 0.6 is 0 Å². The molecular weight excluding hydrogens is 236 g/mol. The van der Waals surface area contributed by atoms with Gasteiger partial charge in [0.2, 0.25) is 0 Å². The zero-order valence-corrected chi connectivity index (χ0v) is 11.3. The van der Waals surface area contributed by atoms with Gasteiger partial charge >= 0.3 is 0 Å². The van der Waals surface area contributed by atoms with Crippen LogP contribution in [0.2, 0.25) is 0 Å². The normalized spacial score (nSPS) is 31.2. The van der Waals surface area contributed by atoms with E-state index in [9.17, 15) is 0 Å². The van der Waals surface area contributed by atoms with E-state index in [-0.39, 0.29) is 11.5 Å². The van der Waals surface area contributed by atoms with Crippen molar-refractivity contribution in [2.75, 3.05) is 0 Å². The Bertz CT molecular complexity index is 628. The van der Waals surface area contributed by atoms with Crippen LogP contribution in [-0.4, -0.2) is 20.6 Å². The van der Waals surface area contributed by atoms with Gasteiger partial charge in [0.25, 0.3) is 0 Å². The quantitative estimate of drug-likeness (QED) is 0.898. The minimum atomic E-state index is 0.0172. The third-order valence-electron chi connectivity index (χ3n) is 4.90. The summed E-state index contributed by atoms with van der Waals surface area (Å²) in [6, 6.07) is 4.85. The molecule has 2 atom stereocenters. The average Bonchev–Trinajstić information content (AvgIpc) is 3.09. The minimum Gasteiger partial charge on any atom is -0.327 e. The van der Waals surface area contributed by atoms with Crippen LogP contribution < -0.4 is 5.73 Å². The van der Waals surface area contributed by atoms with Crippen molar-refractivity contribution < 1.29 is 0 Å². The number of nitrogens with two attached hydrogens (primary N) is 1. The van der Waals surface area contributed by atoms with Crippen molar-refractivity contribution in [3.05, 3.63) is 24.2 Å². The maximum Gasteiger partial charge on any atom is 0.160 e. The monoisotopic (exact) mass is 256 g/mol. The molecule has 0 aromatic carbocycles. The Hall–Kier alpha value is -1.42. The molecule has 0 saturated heterocycles. The molecule has 100 valence electrons. The first kappa shape index (κ1) is 11.4. The Balaban J connectivity index is 1.96. The Morgan fingerprint density at radius 2 is 2.21 bits per heavy atom. The van der Waals surface area contributed by atoms with Crippen LogP contribution in [0.4, 0.5) is 0 Å². The highest BCUT2D eigenvalue weighted by Crippen LogP contribution is 2.45. The first-order chi connectivity index (χ1) is 9.20. The number of hydrogen-bond acceptors (Lipinski definition) is 3. The highest BCUT2D eigenvalue weighted by Gasteiger charge is 2.44. The molecule has 0 bridgehead atoms. The Kier molecular flexibility index (Phi) is 2.28. The molecule has 0 aliphatic heterocycles. The highest BCUT2D eigenvalue weighted by molar-refractivity contribution is 5.72. The van der Waals surface area contributed by atoms with Crippen molar-refractivity contribution in [3.63, 3.8) is 0 Å². The molecular formula is C15H20N4. The molecule has 0 spiro atoms. The summed E-state index contributed by atoms with van der Waals surface area (Å²) in [5, 5.41) is 0. The molecule has 4 heteroatoms. The van der Waals surface area contributed by atoms with E-state index >= 15 is 0 Å². The fraction of sp³-hybridized carbons (Fsp3) is 0.600. The van der Waals surface area contributed by atoms with Crippen molar-refractivity contribution in [2.45, 2.75) is 56.5 Å². The van der Waals surface area contributed by atoms with Gasteiger partial charge in [0, 0.05) is 23.7 Å². The summed E-state index contributed by atoms with van der Waals surface area (Å²) < 4.78 is 2.38. The molecule has 2 saturated carbocycles. The molecule has 2 unspecified atom stereocenters. The van der Waals surface area contributed by atoms with Crippen molar-refractivity contribution in [1.29, 1.82) is 0 Å². The molecule has 2 fully saturated rings. The second-order valence-corrected chi connectivity index (χ2v) is 6.30. The molecule has 2 N–H and O–H groups in total. The second kappa shape index (κ2) is 3.79. The maximum atomic E-state index is 6.38. The van der Waals surface area contributed by atoms with Gasteiger partial charge in [-0.15, -0.1) is 0 Å². The van der Waals surface area contributed by atoms with Crippen LogP contribution in [0, 0.1) is 0 Å². The number of nitrogens with zero attached hydrogens (tertiary/aromatic N) is 3. The van der Waals surface area contributed by atoms with E-state index in [0.717, 1.165) is 24.0 Å². The zero-order chi connectivity index (χ0) is 13.0. The number of rotatable bonds is 2. The Labute approximate surface area is 113 Å². The van der Waals surface area contributed by atoms with Crippen molar-refractivity contribution in [1.82, 2.24) is 14.5 Å². The van der Waals surface area contributed by atoms with Crippen LogP contribution in [0.1, 0.15) is 50.9 Å². The summed E-state index contributed by atoms with van der Waals surface area (Å²) in [5.41, 5.74) is 8.46. The third kappa shape index (κ3) is 1.56. The summed E-state index contributed by atoms with van der Waals surface area (Å²) in [5.74, 6) is 1.17. The lowest BCUT2D eigenvalue weighted by Gasteiger charge is -2.29. The summed E-state index contributed by atoms with van der Waals surface area (Å²) in [4.78, 5) is 9.45. The lowest BCUT2D eigenvalue weighted by molar-refractivity contribution is 0.387. The first-order valence-electron chi connectivity index (χ1n) is 7.29. The van der Waals surface area contributed by atoms with Gasteiger partial charge in [-0.2, -0.15) is 0 Å². The fourth-order valence-electron chi connectivity index (χ4n) is 3.48. The van der Waals surface area contributed by atoms with Gasteiger partial charge in [-0.05, 0) is 37.8 Å². The van der Waals surface area contributed by atoms with E-state index in [4.69, 9.17) is 10.7 Å². The van der Waals surface area contributed by atoms with Crippen molar-refractivity contribution >= 4 is 11.2 Å². The minimum absolute atomic E-state index is 0.0172. The molecule has 2 aliphatic rings. The number of imidazole rings is 1. The number of pyridine rings is 1. The van der Waals surface area contributed by atoms with E-state index in [1.165, 1.54) is 25.1 Å². The molecule has 2 heterocycles. The SMILES string of the molecule is CC1(c2nc3cccnc3n2C2CC2)CCCC1N. The van der Waals surface area contributed by atoms with Crippen molar-refractivity contribution in [3.8, 4) is 0 Å². The predicted octanol–water partition coefficient (Wildman–Crippen LogP) is 2.54. The lowest BCUT2D eigenvalue weighted by atomic mass is 9.84. The van der Waals surface area contributed by atoms with Crippen LogP contribution in [0.15, 0.2) is 18.3 Å². The van der Waals surface area contributed by atoms with E-state index in [1.807, 2.05) is 12.3 Å². The summed E-state index contributed by atoms with van der Waals surface area (Å²) in [6.07, 6.45) is 7.82. The molecule has 2 aliphatic carbocycles. The van der Waals surface area contributed by atoms with Gasteiger partial charge in [-0.1, -0.05) is 13.3 Å². The van der Waals surface area contributed by atoms with E-state index in [1.54, 1.807) is 0 Å². The van der Waals surface area contributed by atoms with E-state index < -0.39 is 0 Å². The largest absolute Gasteiger partial charge is 0.327 e.